The van der Waals surface area contributed by atoms with E-state index >= 15 is 0 Å². The van der Waals surface area contributed by atoms with Crippen molar-refractivity contribution in [3.05, 3.63) is 95.1 Å². The molecule has 2 fully saturated rings. The van der Waals surface area contributed by atoms with Gasteiger partial charge in [-0.3, -0.25) is 9.59 Å². The Labute approximate surface area is 279 Å². The van der Waals surface area contributed by atoms with Crippen molar-refractivity contribution in [1.29, 1.82) is 0 Å². The molecule has 3 aromatic rings. The summed E-state index contributed by atoms with van der Waals surface area (Å²) in [5.41, 5.74) is 6.15. The molecule has 0 unspecified atom stereocenters. The van der Waals surface area contributed by atoms with E-state index in [1.165, 1.54) is 26.2 Å². The van der Waals surface area contributed by atoms with Crippen molar-refractivity contribution >= 4 is 11.8 Å². The van der Waals surface area contributed by atoms with Crippen LogP contribution in [0.1, 0.15) is 93.4 Å². The molecular weight excluding hydrogens is 590 g/mol. The monoisotopic (exact) mass is 641 g/mol. The summed E-state index contributed by atoms with van der Waals surface area (Å²) in [5, 5.41) is 15.4. The van der Waals surface area contributed by atoms with Crippen molar-refractivity contribution in [2.24, 2.45) is 5.92 Å². The van der Waals surface area contributed by atoms with E-state index in [1.54, 1.807) is 0 Å². The van der Waals surface area contributed by atoms with Gasteiger partial charge in [0.1, 0.15) is 0 Å². The molecule has 4 atom stereocenters. The van der Waals surface area contributed by atoms with Gasteiger partial charge in [-0.05, 0) is 78.7 Å². The number of hydrogen-bond donors (Lipinski definition) is 3. The van der Waals surface area contributed by atoms with Crippen LogP contribution in [0.15, 0.2) is 72.8 Å². The van der Waals surface area contributed by atoms with Crippen LogP contribution in [0, 0.1) is 5.92 Å². The first-order chi connectivity index (χ1) is 22.9. The molecule has 2 saturated heterocycles. The largest absolute Gasteiger partial charge is 0.392 e. The van der Waals surface area contributed by atoms with E-state index in [9.17, 15) is 14.7 Å². The second kappa shape index (κ2) is 17.6. The average molecular weight is 642 g/mol. The zero-order valence-electron chi connectivity index (χ0n) is 28.0. The molecule has 252 valence electrons. The maximum absolute atomic E-state index is 12.4. The number of hydrogen-bond acceptors (Lipinski definition) is 6. The number of likely N-dealkylation sites (tertiary alicyclic amines) is 1. The lowest BCUT2D eigenvalue weighted by Crippen LogP contribution is -2.45. The Morgan fingerprint density at radius 1 is 0.830 bits per heavy atom. The van der Waals surface area contributed by atoms with Crippen LogP contribution in [0.4, 0.5) is 0 Å². The predicted octanol–water partition coefficient (Wildman–Crippen LogP) is 6.44. The fourth-order valence-corrected chi connectivity index (χ4v) is 6.59. The maximum atomic E-state index is 12.4. The molecule has 0 radical (unpaired) electrons. The molecule has 2 aliphatic heterocycles. The maximum Gasteiger partial charge on any atom is 0.220 e. The highest BCUT2D eigenvalue weighted by Gasteiger charge is 2.39. The SMILES string of the molecule is CC(=O)NCCCCCC(=O)NCc1cccc(-c2cccc([C@@H]3O[C@H](CN4CCCCC4)[C@H](C)[C@H](c4ccc(CO)cc4)O3)c2)c1. The highest BCUT2D eigenvalue weighted by atomic mass is 16.7. The average Bonchev–Trinajstić information content (AvgIpc) is 3.10. The fourth-order valence-electron chi connectivity index (χ4n) is 6.59. The quantitative estimate of drug-likeness (QED) is 0.175. The Morgan fingerprint density at radius 2 is 1.57 bits per heavy atom. The van der Waals surface area contributed by atoms with Crippen molar-refractivity contribution in [1.82, 2.24) is 15.5 Å². The number of nitrogens with zero attached hydrogens (tertiary/aromatic N) is 1. The minimum atomic E-state index is -0.510. The van der Waals surface area contributed by atoms with Crippen LogP contribution >= 0.6 is 0 Å². The van der Waals surface area contributed by atoms with Gasteiger partial charge in [-0.2, -0.15) is 0 Å². The Hall–Kier alpha value is -3.56. The minimum absolute atomic E-state index is 0.0159. The van der Waals surface area contributed by atoms with Crippen molar-refractivity contribution in [3.8, 4) is 11.1 Å². The van der Waals surface area contributed by atoms with Crippen LogP contribution in [-0.2, 0) is 32.2 Å². The second-order valence-corrected chi connectivity index (χ2v) is 13.1. The molecule has 2 amide bonds. The number of aliphatic hydroxyl groups is 1. The lowest BCUT2D eigenvalue weighted by molar-refractivity contribution is -0.276. The van der Waals surface area contributed by atoms with Crippen molar-refractivity contribution < 1.29 is 24.2 Å². The minimum Gasteiger partial charge on any atom is -0.392 e. The Morgan fingerprint density at radius 3 is 2.32 bits per heavy atom. The molecule has 47 heavy (non-hydrogen) atoms. The van der Waals surface area contributed by atoms with Crippen LogP contribution in [0.2, 0.25) is 0 Å². The molecule has 0 spiro atoms. The van der Waals surface area contributed by atoms with E-state index in [-0.39, 0.29) is 36.5 Å². The molecule has 8 heteroatoms. The highest BCUT2D eigenvalue weighted by Crippen LogP contribution is 2.42. The molecule has 2 heterocycles. The molecule has 8 nitrogen and oxygen atoms in total. The third kappa shape index (κ3) is 10.2. The van der Waals surface area contributed by atoms with Crippen LogP contribution in [-0.4, -0.2) is 54.1 Å². The first-order valence-electron chi connectivity index (χ1n) is 17.3. The van der Waals surface area contributed by atoms with Gasteiger partial charge in [0.15, 0.2) is 6.29 Å². The Balaban J connectivity index is 1.25. The van der Waals surface area contributed by atoms with Gasteiger partial charge in [0.05, 0.1) is 18.8 Å². The summed E-state index contributed by atoms with van der Waals surface area (Å²) in [5.74, 6) is 0.179. The summed E-state index contributed by atoms with van der Waals surface area (Å²) in [6.07, 6.45) is 6.20. The summed E-state index contributed by atoms with van der Waals surface area (Å²) in [7, 11) is 0. The van der Waals surface area contributed by atoms with E-state index < -0.39 is 6.29 Å². The smallest absolute Gasteiger partial charge is 0.220 e. The third-order valence-electron chi connectivity index (χ3n) is 9.37. The number of piperidine rings is 1. The molecule has 0 bridgehead atoms. The number of rotatable bonds is 14. The summed E-state index contributed by atoms with van der Waals surface area (Å²) in [6, 6.07) is 24.8. The molecule has 0 aromatic heterocycles. The zero-order valence-corrected chi connectivity index (χ0v) is 28.0. The van der Waals surface area contributed by atoms with Crippen molar-refractivity contribution in [2.45, 2.75) is 90.4 Å². The first-order valence-corrected chi connectivity index (χ1v) is 17.3. The summed E-state index contributed by atoms with van der Waals surface area (Å²) in [4.78, 5) is 26.0. The first kappa shape index (κ1) is 34.8. The Kier molecular flexibility index (Phi) is 13.0. The summed E-state index contributed by atoms with van der Waals surface area (Å²) < 4.78 is 13.5. The molecular formula is C39H51N3O5. The van der Waals surface area contributed by atoms with E-state index in [4.69, 9.17) is 9.47 Å². The number of ether oxygens (including phenoxy) is 2. The van der Waals surface area contributed by atoms with Gasteiger partial charge in [0.2, 0.25) is 11.8 Å². The number of carbonyl (C=O) groups excluding carboxylic acids is 2. The summed E-state index contributed by atoms with van der Waals surface area (Å²) in [6.45, 7) is 8.00. The van der Waals surface area contributed by atoms with Crippen LogP contribution in [0.5, 0.6) is 0 Å². The number of carbonyl (C=O) groups is 2. The normalized spacial score (nSPS) is 21.7. The van der Waals surface area contributed by atoms with Gasteiger partial charge in [-0.25, -0.2) is 0 Å². The molecule has 5 rings (SSSR count). The lowest BCUT2D eigenvalue weighted by atomic mass is 9.89. The van der Waals surface area contributed by atoms with Gasteiger partial charge >= 0.3 is 0 Å². The van der Waals surface area contributed by atoms with Gasteiger partial charge in [-0.15, -0.1) is 0 Å². The van der Waals surface area contributed by atoms with E-state index in [2.05, 4.69) is 71.0 Å². The van der Waals surface area contributed by atoms with Gasteiger partial charge in [0, 0.05) is 44.5 Å². The van der Waals surface area contributed by atoms with Crippen LogP contribution in [0.3, 0.4) is 0 Å². The number of amides is 2. The standard InChI is InChI=1S/C39H51N3O5/c1-28-36(26-42-21-7-4-8-22-42)46-39(47-38(28)32-18-16-30(27-43)17-19-32)35-14-10-13-34(24-35)33-12-9-11-31(23-33)25-41-37(45)15-5-3-6-20-40-29(2)44/h9-14,16-19,23-24,28,36,38-39,43H,3-8,15,20-22,25-27H2,1-2H3,(H,40,44)(H,41,45)/t28-,36+,38+,39+/m0/s1. The third-order valence-corrected chi connectivity index (χ3v) is 9.37. The molecule has 2 aliphatic rings. The van der Waals surface area contributed by atoms with Gasteiger partial charge in [0.25, 0.3) is 0 Å². The van der Waals surface area contributed by atoms with Gasteiger partial charge < -0.3 is 30.1 Å². The molecule has 3 N–H and O–H groups in total. The molecule has 0 aliphatic carbocycles. The van der Waals surface area contributed by atoms with Crippen molar-refractivity contribution in [3.63, 3.8) is 0 Å². The fraction of sp³-hybridized carbons (Fsp3) is 0.487. The van der Waals surface area contributed by atoms with Gasteiger partial charge in [-0.1, -0.05) is 80.4 Å². The second-order valence-electron chi connectivity index (χ2n) is 13.1. The van der Waals surface area contributed by atoms with Crippen molar-refractivity contribution in [2.75, 3.05) is 26.2 Å². The predicted molar refractivity (Wildman–Crippen MR) is 184 cm³/mol. The van der Waals surface area contributed by atoms with Crippen LogP contribution in [0.25, 0.3) is 11.1 Å². The summed E-state index contributed by atoms with van der Waals surface area (Å²) >= 11 is 0. The number of aliphatic hydroxyl groups excluding tert-OH is 1. The van der Waals surface area contributed by atoms with Crippen LogP contribution < -0.4 is 10.6 Å². The Bertz CT molecular complexity index is 1440. The van der Waals surface area contributed by atoms with E-state index in [1.807, 2.05) is 24.3 Å². The van der Waals surface area contributed by atoms with E-state index in [0.29, 0.717) is 19.5 Å². The highest BCUT2D eigenvalue weighted by molar-refractivity contribution is 5.76. The molecule has 3 aromatic carbocycles. The zero-order chi connectivity index (χ0) is 33.0. The number of nitrogens with one attached hydrogen (secondary N) is 2. The number of unbranched alkanes of at least 4 members (excludes halogenated alkanes) is 2. The topological polar surface area (TPSA) is 100 Å². The van der Waals surface area contributed by atoms with E-state index in [0.717, 1.165) is 72.3 Å². The molecule has 0 saturated carbocycles. The lowest BCUT2D eigenvalue weighted by Gasteiger charge is -2.43. The number of benzene rings is 3.